The molecule has 1 atom stereocenters. The molecule has 1 saturated heterocycles. The average molecular weight is 303 g/mol. The van der Waals surface area contributed by atoms with Gasteiger partial charge in [0.25, 0.3) is 0 Å². The van der Waals surface area contributed by atoms with E-state index in [1.807, 2.05) is 6.92 Å². The van der Waals surface area contributed by atoms with E-state index in [-0.39, 0.29) is 11.5 Å². The van der Waals surface area contributed by atoms with Crippen LogP contribution in [0.5, 0.6) is 0 Å². The molecule has 1 aromatic rings. The molecule has 0 aromatic heterocycles. The Morgan fingerprint density at radius 3 is 2.75 bits per heavy atom. The first-order chi connectivity index (χ1) is 9.45. The lowest BCUT2D eigenvalue weighted by Crippen LogP contribution is -2.31. The third kappa shape index (κ3) is 3.11. The van der Waals surface area contributed by atoms with Gasteiger partial charge in [0.15, 0.2) is 0 Å². The highest BCUT2D eigenvalue weighted by Gasteiger charge is 2.39. The summed E-state index contributed by atoms with van der Waals surface area (Å²) in [6, 6.07) is 5.52. The maximum absolute atomic E-state index is 13.1. The molecule has 0 bridgehead atoms. The van der Waals surface area contributed by atoms with Gasteiger partial charge in [-0.1, -0.05) is 25.1 Å². The van der Waals surface area contributed by atoms with Crippen molar-refractivity contribution in [3.63, 3.8) is 0 Å². The van der Waals surface area contributed by atoms with Crippen LogP contribution in [0.2, 0.25) is 0 Å². The number of benzene rings is 1. The summed E-state index contributed by atoms with van der Waals surface area (Å²) in [7, 11) is 0. The van der Waals surface area contributed by atoms with Crippen molar-refractivity contribution in [2.24, 2.45) is 0 Å². The first-order valence-electron chi connectivity index (χ1n) is 6.52. The molecule has 2 rings (SSSR count). The number of halogens is 3. The van der Waals surface area contributed by atoms with Crippen LogP contribution in [-0.4, -0.2) is 23.1 Å². The van der Waals surface area contributed by atoms with Gasteiger partial charge in [-0.05, 0) is 18.1 Å². The van der Waals surface area contributed by atoms with Gasteiger partial charge in [0.05, 0.1) is 5.56 Å². The molecule has 0 aliphatic carbocycles. The Hall–Kier alpha value is -1.17. The summed E-state index contributed by atoms with van der Waals surface area (Å²) in [6.45, 7) is 2.40. The maximum Gasteiger partial charge on any atom is 0.416 e. The normalized spacial score (nSPS) is 19.4. The van der Waals surface area contributed by atoms with Crippen LogP contribution in [0.3, 0.4) is 0 Å². The topological polar surface area (TPSA) is 20.3 Å². The molecule has 0 spiro atoms. The summed E-state index contributed by atoms with van der Waals surface area (Å²) in [4.78, 5) is 13.6. The van der Waals surface area contributed by atoms with Gasteiger partial charge in [0.1, 0.15) is 5.37 Å². The maximum atomic E-state index is 13.1. The molecule has 2 nitrogen and oxygen atoms in total. The lowest BCUT2D eigenvalue weighted by molar-refractivity contribution is -0.139. The molecular formula is C14H16F3NOS. The SMILES string of the molecule is CCCC(=O)N1CCS[C@@H]1c1ccccc1C(F)(F)F. The van der Waals surface area contributed by atoms with Gasteiger partial charge in [-0.3, -0.25) is 4.79 Å². The van der Waals surface area contributed by atoms with Crippen molar-refractivity contribution in [2.75, 3.05) is 12.3 Å². The van der Waals surface area contributed by atoms with Crippen LogP contribution in [0.1, 0.15) is 36.3 Å². The largest absolute Gasteiger partial charge is 0.416 e. The zero-order valence-corrected chi connectivity index (χ0v) is 11.9. The van der Waals surface area contributed by atoms with Crippen LogP contribution in [0.4, 0.5) is 13.2 Å². The molecule has 1 amide bonds. The fourth-order valence-corrected chi connectivity index (χ4v) is 3.62. The highest BCUT2D eigenvalue weighted by Crippen LogP contribution is 2.43. The Morgan fingerprint density at radius 1 is 1.40 bits per heavy atom. The van der Waals surface area contributed by atoms with Crippen molar-refractivity contribution in [2.45, 2.75) is 31.3 Å². The number of amides is 1. The van der Waals surface area contributed by atoms with Gasteiger partial charge in [-0.15, -0.1) is 11.8 Å². The number of alkyl halides is 3. The molecule has 0 unspecified atom stereocenters. The van der Waals surface area contributed by atoms with Crippen molar-refractivity contribution in [3.8, 4) is 0 Å². The zero-order valence-electron chi connectivity index (χ0n) is 11.1. The molecule has 110 valence electrons. The third-order valence-corrected chi connectivity index (χ3v) is 4.45. The molecule has 1 aliphatic rings. The fraction of sp³-hybridized carbons (Fsp3) is 0.500. The number of carbonyl (C=O) groups is 1. The van der Waals surface area contributed by atoms with Crippen molar-refractivity contribution in [3.05, 3.63) is 35.4 Å². The summed E-state index contributed by atoms with van der Waals surface area (Å²) in [6.07, 6.45) is -3.31. The van der Waals surface area contributed by atoms with Gasteiger partial charge in [-0.25, -0.2) is 0 Å². The zero-order chi connectivity index (χ0) is 14.8. The quantitative estimate of drug-likeness (QED) is 0.838. The molecule has 1 aromatic carbocycles. The number of hydrogen-bond acceptors (Lipinski definition) is 2. The van der Waals surface area contributed by atoms with E-state index in [0.717, 1.165) is 6.07 Å². The summed E-state index contributed by atoms with van der Waals surface area (Å²) < 4.78 is 39.2. The highest BCUT2D eigenvalue weighted by molar-refractivity contribution is 7.99. The number of thioether (sulfide) groups is 1. The minimum absolute atomic E-state index is 0.0699. The Bertz CT molecular complexity index is 490. The second-order valence-corrected chi connectivity index (χ2v) is 5.83. The van der Waals surface area contributed by atoms with E-state index in [2.05, 4.69) is 0 Å². The van der Waals surface area contributed by atoms with Crippen LogP contribution in [0.15, 0.2) is 24.3 Å². The molecule has 0 radical (unpaired) electrons. The van der Waals surface area contributed by atoms with E-state index in [0.29, 0.717) is 25.1 Å². The number of nitrogens with zero attached hydrogens (tertiary/aromatic N) is 1. The van der Waals surface area contributed by atoms with E-state index in [9.17, 15) is 18.0 Å². The number of carbonyl (C=O) groups excluding carboxylic acids is 1. The minimum Gasteiger partial charge on any atom is -0.326 e. The van der Waals surface area contributed by atoms with Gasteiger partial charge < -0.3 is 4.90 Å². The predicted molar refractivity (Wildman–Crippen MR) is 73.3 cm³/mol. The molecule has 20 heavy (non-hydrogen) atoms. The predicted octanol–water partition coefficient (Wildman–Crippen LogP) is 4.08. The lowest BCUT2D eigenvalue weighted by Gasteiger charge is -2.26. The van der Waals surface area contributed by atoms with E-state index in [4.69, 9.17) is 0 Å². The molecule has 1 heterocycles. The Balaban J connectivity index is 2.33. The van der Waals surface area contributed by atoms with Crippen LogP contribution in [-0.2, 0) is 11.0 Å². The lowest BCUT2D eigenvalue weighted by atomic mass is 10.1. The Morgan fingerprint density at radius 2 is 2.10 bits per heavy atom. The third-order valence-electron chi connectivity index (χ3n) is 3.21. The van der Waals surface area contributed by atoms with Gasteiger partial charge in [0, 0.05) is 18.7 Å². The second kappa shape index (κ2) is 6.08. The molecule has 0 N–H and O–H groups in total. The van der Waals surface area contributed by atoms with Crippen molar-refractivity contribution in [1.82, 2.24) is 4.90 Å². The van der Waals surface area contributed by atoms with Crippen molar-refractivity contribution >= 4 is 17.7 Å². The molecule has 1 aliphatic heterocycles. The summed E-state index contributed by atoms with van der Waals surface area (Å²) >= 11 is 1.39. The van der Waals surface area contributed by atoms with Crippen LogP contribution in [0.25, 0.3) is 0 Å². The van der Waals surface area contributed by atoms with Crippen LogP contribution >= 0.6 is 11.8 Å². The smallest absolute Gasteiger partial charge is 0.326 e. The molecular weight excluding hydrogens is 287 g/mol. The number of hydrogen-bond donors (Lipinski definition) is 0. The second-order valence-electron chi connectivity index (χ2n) is 4.65. The molecule has 1 fully saturated rings. The molecule has 0 saturated carbocycles. The van der Waals surface area contributed by atoms with E-state index < -0.39 is 17.1 Å². The Kier molecular flexibility index (Phi) is 4.62. The summed E-state index contributed by atoms with van der Waals surface area (Å²) in [5.41, 5.74) is -0.458. The van der Waals surface area contributed by atoms with Gasteiger partial charge in [-0.2, -0.15) is 13.2 Å². The highest BCUT2D eigenvalue weighted by atomic mass is 32.2. The first kappa shape index (κ1) is 15.2. The van der Waals surface area contributed by atoms with Gasteiger partial charge in [0.2, 0.25) is 5.91 Å². The van der Waals surface area contributed by atoms with E-state index in [1.165, 1.54) is 23.9 Å². The monoisotopic (exact) mass is 303 g/mol. The van der Waals surface area contributed by atoms with E-state index in [1.54, 1.807) is 11.0 Å². The van der Waals surface area contributed by atoms with Gasteiger partial charge >= 0.3 is 6.18 Å². The number of rotatable bonds is 3. The summed E-state index contributed by atoms with van der Waals surface area (Å²) in [5.74, 6) is 0.603. The first-order valence-corrected chi connectivity index (χ1v) is 7.57. The molecule has 6 heteroatoms. The van der Waals surface area contributed by atoms with Crippen LogP contribution < -0.4 is 0 Å². The average Bonchev–Trinajstić information content (AvgIpc) is 2.87. The Labute approximate surface area is 120 Å². The standard InChI is InChI=1S/C14H16F3NOS/c1-2-5-12(19)18-8-9-20-13(18)10-6-3-4-7-11(10)14(15,16)17/h3-4,6-7,13H,2,5,8-9H2,1H3/t13-/m1/s1. The van der Waals surface area contributed by atoms with Crippen LogP contribution in [0, 0.1) is 0 Å². The van der Waals surface area contributed by atoms with Crippen molar-refractivity contribution in [1.29, 1.82) is 0 Å². The van der Waals surface area contributed by atoms with E-state index >= 15 is 0 Å². The van der Waals surface area contributed by atoms with Crippen molar-refractivity contribution < 1.29 is 18.0 Å². The fourth-order valence-electron chi connectivity index (χ4n) is 2.31. The minimum atomic E-state index is -4.39. The summed E-state index contributed by atoms with van der Waals surface area (Å²) in [5, 5.41) is -0.521.